The number of aromatic amines is 1. The first-order valence-electron chi connectivity index (χ1n) is 10.3. The second-order valence-corrected chi connectivity index (χ2v) is 8.82. The molecule has 0 aliphatic heterocycles. The Bertz CT molecular complexity index is 1180. The molecule has 1 aromatic heterocycles. The smallest absolute Gasteiger partial charge is 0.110 e. The van der Waals surface area contributed by atoms with E-state index in [4.69, 9.17) is 4.98 Å². The number of aromatic nitrogens is 2. The van der Waals surface area contributed by atoms with Crippen LogP contribution in [0.2, 0.25) is 0 Å². The highest BCUT2D eigenvalue weighted by atomic mass is 16.3. The first kappa shape index (κ1) is 18.1. The zero-order chi connectivity index (χ0) is 20.2. The summed E-state index contributed by atoms with van der Waals surface area (Å²) < 4.78 is 0. The Morgan fingerprint density at radius 2 is 1.72 bits per heavy atom. The van der Waals surface area contributed by atoms with Crippen molar-refractivity contribution in [1.82, 2.24) is 9.97 Å². The highest BCUT2D eigenvalue weighted by Crippen LogP contribution is 2.54. The van der Waals surface area contributed by atoms with Crippen molar-refractivity contribution < 1.29 is 5.11 Å². The fourth-order valence-corrected chi connectivity index (χ4v) is 4.32. The maximum atomic E-state index is 10.6. The van der Waals surface area contributed by atoms with Crippen LogP contribution in [-0.4, -0.2) is 15.1 Å². The lowest BCUT2D eigenvalue weighted by Gasteiger charge is -2.21. The van der Waals surface area contributed by atoms with Crippen molar-refractivity contribution in [2.75, 3.05) is 0 Å². The van der Waals surface area contributed by atoms with Gasteiger partial charge in [0.05, 0.1) is 16.6 Å². The van der Waals surface area contributed by atoms with E-state index in [1.165, 1.54) is 11.1 Å². The van der Waals surface area contributed by atoms with Crippen molar-refractivity contribution in [3.05, 3.63) is 89.2 Å². The predicted molar refractivity (Wildman–Crippen MR) is 118 cm³/mol. The van der Waals surface area contributed by atoms with Gasteiger partial charge in [0.25, 0.3) is 0 Å². The summed E-state index contributed by atoms with van der Waals surface area (Å²) in [5, 5.41) is 10.6. The van der Waals surface area contributed by atoms with Crippen LogP contribution in [0.3, 0.4) is 0 Å². The number of benzene rings is 3. The predicted octanol–water partition coefficient (Wildman–Crippen LogP) is 6.04. The molecule has 1 aliphatic carbocycles. The van der Waals surface area contributed by atoms with E-state index >= 15 is 0 Å². The Morgan fingerprint density at radius 3 is 2.48 bits per heavy atom. The maximum absolute atomic E-state index is 10.6. The third kappa shape index (κ3) is 3.36. The van der Waals surface area contributed by atoms with Crippen molar-refractivity contribution >= 4 is 11.0 Å². The van der Waals surface area contributed by atoms with E-state index in [9.17, 15) is 5.11 Å². The van der Waals surface area contributed by atoms with Crippen molar-refractivity contribution in [3.63, 3.8) is 0 Å². The molecule has 0 spiro atoms. The van der Waals surface area contributed by atoms with Crippen LogP contribution >= 0.6 is 0 Å². The SMILES string of the molecule is Cc1ccc([C@H]2C[C@@H]2c2nc3ccc(-c4ccccc4C(C)(C)O)cc3[nH]2)cc1. The molecule has 2 N–H and O–H groups in total. The monoisotopic (exact) mass is 382 g/mol. The molecule has 3 heteroatoms. The van der Waals surface area contributed by atoms with Gasteiger partial charge in [0.1, 0.15) is 5.82 Å². The fraction of sp³-hybridized carbons (Fsp3) is 0.269. The third-order valence-electron chi connectivity index (χ3n) is 6.04. The van der Waals surface area contributed by atoms with Crippen LogP contribution in [0.1, 0.15) is 54.6 Å². The average Bonchev–Trinajstić information content (AvgIpc) is 3.39. The molecule has 1 heterocycles. The largest absolute Gasteiger partial charge is 0.386 e. The van der Waals surface area contributed by atoms with Crippen molar-refractivity contribution in [2.45, 2.75) is 44.6 Å². The number of imidazole rings is 1. The summed E-state index contributed by atoms with van der Waals surface area (Å²) in [5.41, 5.74) is 6.95. The van der Waals surface area contributed by atoms with Gasteiger partial charge in [-0.25, -0.2) is 4.98 Å². The Balaban J connectivity index is 1.47. The minimum absolute atomic E-state index is 0.470. The molecule has 3 nitrogen and oxygen atoms in total. The van der Waals surface area contributed by atoms with E-state index in [1.54, 1.807) is 0 Å². The molecule has 1 fully saturated rings. The maximum Gasteiger partial charge on any atom is 0.110 e. The van der Waals surface area contributed by atoms with E-state index in [2.05, 4.69) is 60.4 Å². The number of hydrogen-bond donors (Lipinski definition) is 2. The van der Waals surface area contributed by atoms with E-state index in [-0.39, 0.29) is 0 Å². The zero-order valence-electron chi connectivity index (χ0n) is 17.1. The fourth-order valence-electron chi connectivity index (χ4n) is 4.32. The number of aliphatic hydroxyl groups is 1. The molecule has 2 atom stereocenters. The van der Waals surface area contributed by atoms with Gasteiger partial charge < -0.3 is 10.1 Å². The van der Waals surface area contributed by atoms with Crippen molar-refractivity contribution in [3.8, 4) is 11.1 Å². The number of nitrogens with zero attached hydrogens (tertiary/aromatic N) is 1. The molecule has 146 valence electrons. The van der Waals surface area contributed by atoms with Gasteiger partial charge in [-0.05, 0) is 67.5 Å². The molecule has 4 aromatic rings. The number of nitrogens with one attached hydrogen (secondary N) is 1. The summed E-state index contributed by atoms with van der Waals surface area (Å²) in [6.07, 6.45) is 1.15. The lowest BCUT2D eigenvalue weighted by atomic mass is 9.89. The average molecular weight is 383 g/mol. The first-order chi connectivity index (χ1) is 13.9. The quantitative estimate of drug-likeness (QED) is 0.452. The van der Waals surface area contributed by atoms with Crippen molar-refractivity contribution in [1.29, 1.82) is 0 Å². The van der Waals surface area contributed by atoms with E-state index in [0.29, 0.717) is 11.8 Å². The Morgan fingerprint density at radius 1 is 0.966 bits per heavy atom. The first-order valence-corrected chi connectivity index (χ1v) is 10.3. The normalized spacial score (nSPS) is 18.9. The van der Waals surface area contributed by atoms with Crippen LogP contribution in [0.4, 0.5) is 0 Å². The van der Waals surface area contributed by atoms with E-state index < -0.39 is 5.60 Å². The molecule has 0 saturated heterocycles. The molecule has 3 aromatic carbocycles. The van der Waals surface area contributed by atoms with Gasteiger partial charge in [-0.15, -0.1) is 0 Å². The summed E-state index contributed by atoms with van der Waals surface area (Å²) in [6.45, 7) is 5.79. The van der Waals surface area contributed by atoms with Crippen LogP contribution in [0.15, 0.2) is 66.7 Å². The Hall–Kier alpha value is -2.91. The standard InChI is InChI=1S/C26H26N2O/c1-16-8-10-17(11-9-16)20-15-21(20)25-27-23-13-12-18(14-24(23)28-25)19-6-4-5-7-22(19)26(2,3)29/h4-14,20-21,29H,15H2,1-3H3,(H,27,28)/t20-,21+/m1/s1. The molecular formula is C26H26N2O. The molecule has 5 rings (SSSR count). The van der Waals surface area contributed by atoms with E-state index in [0.717, 1.165) is 40.0 Å². The summed E-state index contributed by atoms with van der Waals surface area (Å²) in [5.74, 6) is 2.11. The molecule has 0 bridgehead atoms. The molecular weight excluding hydrogens is 356 g/mol. The van der Waals surface area contributed by atoms with Crippen LogP contribution in [0.5, 0.6) is 0 Å². The van der Waals surface area contributed by atoms with Crippen LogP contribution in [0.25, 0.3) is 22.2 Å². The van der Waals surface area contributed by atoms with Gasteiger partial charge in [-0.1, -0.05) is 60.2 Å². The lowest BCUT2D eigenvalue weighted by Crippen LogP contribution is -2.16. The second kappa shape index (κ2) is 6.57. The van der Waals surface area contributed by atoms with Gasteiger partial charge in [0.2, 0.25) is 0 Å². The molecule has 29 heavy (non-hydrogen) atoms. The van der Waals surface area contributed by atoms with Gasteiger partial charge >= 0.3 is 0 Å². The number of fused-ring (bicyclic) bond motifs is 1. The van der Waals surface area contributed by atoms with Gasteiger partial charge in [-0.2, -0.15) is 0 Å². The topological polar surface area (TPSA) is 48.9 Å². The Kier molecular flexibility index (Phi) is 4.11. The van der Waals surface area contributed by atoms with Gasteiger partial charge in [0.15, 0.2) is 0 Å². The van der Waals surface area contributed by atoms with E-state index in [1.807, 2.05) is 32.0 Å². The highest BCUT2D eigenvalue weighted by molar-refractivity contribution is 5.83. The molecule has 0 amide bonds. The summed E-state index contributed by atoms with van der Waals surface area (Å²) in [4.78, 5) is 8.43. The second-order valence-electron chi connectivity index (χ2n) is 8.82. The van der Waals surface area contributed by atoms with Crippen LogP contribution in [-0.2, 0) is 5.60 Å². The highest BCUT2D eigenvalue weighted by Gasteiger charge is 2.41. The molecule has 1 saturated carbocycles. The minimum atomic E-state index is -0.889. The van der Waals surface area contributed by atoms with Gasteiger partial charge in [0, 0.05) is 5.92 Å². The summed E-state index contributed by atoms with van der Waals surface area (Å²) >= 11 is 0. The minimum Gasteiger partial charge on any atom is -0.386 e. The molecule has 1 aliphatic rings. The number of rotatable bonds is 4. The molecule has 0 radical (unpaired) electrons. The lowest BCUT2D eigenvalue weighted by molar-refractivity contribution is 0.0792. The number of aryl methyl sites for hydroxylation is 1. The van der Waals surface area contributed by atoms with Gasteiger partial charge in [-0.3, -0.25) is 0 Å². The number of hydrogen-bond acceptors (Lipinski definition) is 2. The summed E-state index contributed by atoms with van der Waals surface area (Å²) in [7, 11) is 0. The number of H-pyrrole nitrogens is 1. The van der Waals surface area contributed by atoms with Crippen molar-refractivity contribution in [2.24, 2.45) is 0 Å². The summed E-state index contributed by atoms with van der Waals surface area (Å²) in [6, 6.07) is 23.3. The van der Waals surface area contributed by atoms with Crippen LogP contribution in [0, 0.1) is 6.92 Å². The van der Waals surface area contributed by atoms with Crippen LogP contribution < -0.4 is 0 Å². The zero-order valence-corrected chi connectivity index (χ0v) is 17.1. The third-order valence-corrected chi connectivity index (χ3v) is 6.04. The Labute approximate surface area is 171 Å². The molecule has 0 unspecified atom stereocenters.